The van der Waals surface area contributed by atoms with Gasteiger partial charge in [-0.2, -0.15) is 0 Å². The number of aromatic nitrogens is 3. The summed E-state index contributed by atoms with van der Waals surface area (Å²) in [5.41, 5.74) is 4.65. The van der Waals surface area contributed by atoms with Crippen LogP contribution in [0.2, 0.25) is 0 Å². The molecule has 1 amide bonds. The van der Waals surface area contributed by atoms with E-state index in [2.05, 4.69) is 25.6 Å². The van der Waals surface area contributed by atoms with Gasteiger partial charge in [0, 0.05) is 23.3 Å². The van der Waals surface area contributed by atoms with Crippen molar-refractivity contribution < 1.29 is 14.3 Å². The van der Waals surface area contributed by atoms with Gasteiger partial charge in [0.1, 0.15) is 30.3 Å². The SMILES string of the molecule is Cc1ccc(Oc2ccc(Nc3ncnc4ccc(/C=C/CNC(=O)COCC5CC5)cc34)cc2C)cn1. The van der Waals surface area contributed by atoms with E-state index in [1.165, 1.54) is 12.8 Å². The summed E-state index contributed by atoms with van der Waals surface area (Å²) in [5, 5.41) is 7.17. The molecule has 2 heterocycles. The first-order chi connectivity index (χ1) is 18.5. The van der Waals surface area contributed by atoms with Gasteiger partial charge in [-0.1, -0.05) is 18.2 Å². The second kappa shape index (κ2) is 11.8. The molecule has 1 aliphatic rings. The van der Waals surface area contributed by atoms with Crippen LogP contribution in [0.1, 0.15) is 29.7 Å². The van der Waals surface area contributed by atoms with Crippen molar-refractivity contribution in [3.8, 4) is 11.5 Å². The normalized spacial score (nSPS) is 13.1. The number of amides is 1. The Morgan fingerprint density at radius 2 is 1.95 bits per heavy atom. The molecular formula is C30H31N5O3. The van der Waals surface area contributed by atoms with Crippen molar-refractivity contribution in [3.05, 3.63) is 84.0 Å². The first kappa shape index (κ1) is 25.4. The molecule has 4 aromatic rings. The first-order valence-electron chi connectivity index (χ1n) is 12.8. The summed E-state index contributed by atoms with van der Waals surface area (Å²) in [7, 11) is 0. The number of rotatable bonds is 11. The predicted octanol–water partition coefficient (Wildman–Crippen LogP) is 5.73. The van der Waals surface area contributed by atoms with Crippen molar-refractivity contribution in [3.63, 3.8) is 0 Å². The lowest BCUT2D eigenvalue weighted by Crippen LogP contribution is -2.27. The van der Waals surface area contributed by atoms with E-state index < -0.39 is 0 Å². The van der Waals surface area contributed by atoms with E-state index in [0.717, 1.165) is 39.2 Å². The van der Waals surface area contributed by atoms with Crippen LogP contribution in [-0.4, -0.2) is 40.6 Å². The summed E-state index contributed by atoms with van der Waals surface area (Å²) in [6.45, 7) is 5.18. The Kier molecular flexibility index (Phi) is 7.89. The third-order valence-electron chi connectivity index (χ3n) is 6.22. The maximum Gasteiger partial charge on any atom is 0.246 e. The lowest BCUT2D eigenvalue weighted by atomic mass is 10.1. The summed E-state index contributed by atoms with van der Waals surface area (Å²) < 4.78 is 11.4. The van der Waals surface area contributed by atoms with Gasteiger partial charge in [0.2, 0.25) is 5.91 Å². The molecule has 1 aliphatic carbocycles. The minimum absolute atomic E-state index is 0.101. The standard InChI is InChI=1S/C30H31N5O3/c1-20-14-24(9-12-28(20)38-25-10-5-21(2)32-16-25)35-30-26-15-22(8-11-27(26)33-19-34-30)4-3-13-31-29(36)18-37-17-23-6-7-23/h3-5,8-12,14-16,19,23H,6-7,13,17-18H2,1-2H3,(H,31,36)(H,33,34,35)/b4-3+. The molecule has 1 fully saturated rings. The van der Waals surface area contributed by atoms with Gasteiger partial charge in [-0.05, 0) is 86.2 Å². The van der Waals surface area contributed by atoms with Crippen molar-refractivity contribution in [1.82, 2.24) is 20.3 Å². The van der Waals surface area contributed by atoms with Crippen molar-refractivity contribution in [2.24, 2.45) is 5.92 Å². The Bertz CT molecular complexity index is 1450. The Labute approximate surface area is 222 Å². The topological polar surface area (TPSA) is 98.3 Å². The number of ether oxygens (including phenoxy) is 2. The molecule has 2 N–H and O–H groups in total. The van der Waals surface area contributed by atoms with Gasteiger partial charge in [0.25, 0.3) is 0 Å². The second-order valence-corrected chi connectivity index (χ2v) is 9.51. The second-order valence-electron chi connectivity index (χ2n) is 9.51. The van der Waals surface area contributed by atoms with E-state index in [9.17, 15) is 4.79 Å². The first-order valence-corrected chi connectivity index (χ1v) is 12.8. The van der Waals surface area contributed by atoms with Crippen LogP contribution >= 0.6 is 0 Å². The number of hydrogen-bond acceptors (Lipinski definition) is 7. The summed E-state index contributed by atoms with van der Waals surface area (Å²) in [4.78, 5) is 25.1. The Morgan fingerprint density at radius 3 is 2.74 bits per heavy atom. The van der Waals surface area contributed by atoms with Crippen LogP contribution in [0.4, 0.5) is 11.5 Å². The Morgan fingerprint density at radius 1 is 1.05 bits per heavy atom. The highest BCUT2D eigenvalue weighted by Crippen LogP contribution is 2.30. The highest BCUT2D eigenvalue weighted by atomic mass is 16.5. The molecule has 5 rings (SSSR count). The van der Waals surface area contributed by atoms with Crippen LogP contribution in [0.5, 0.6) is 11.5 Å². The number of pyridine rings is 1. The van der Waals surface area contributed by atoms with E-state index in [1.54, 1.807) is 12.5 Å². The average molecular weight is 510 g/mol. The molecule has 1 saturated carbocycles. The Hall–Kier alpha value is -4.30. The molecule has 0 spiro atoms. The number of carbonyl (C=O) groups excluding carboxylic acids is 1. The zero-order valence-electron chi connectivity index (χ0n) is 21.6. The van der Waals surface area contributed by atoms with Crippen LogP contribution in [0, 0.1) is 19.8 Å². The van der Waals surface area contributed by atoms with E-state index in [1.807, 2.05) is 74.5 Å². The minimum atomic E-state index is -0.101. The van der Waals surface area contributed by atoms with Gasteiger partial charge < -0.3 is 20.1 Å². The van der Waals surface area contributed by atoms with E-state index in [0.29, 0.717) is 30.6 Å². The molecule has 38 heavy (non-hydrogen) atoms. The highest BCUT2D eigenvalue weighted by Gasteiger charge is 2.21. The van der Waals surface area contributed by atoms with Gasteiger partial charge in [0.15, 0.2) is 0 Å². The zero-order chi connectivity index (χ0) is 26.3. The highest BCUT2D eigenvalue weighted by molar-refractivity contribution is 5.92. The lowest BCUT2D eigenvalue weighted by molar-refractivity contribution is -0.125. The molecule has 0 radical (unpaired) electrons. The molecular weight excluding hydrogens is 478 g/mol. The maximum absolute atomic E-state index is 11.9. The predicted molar refractivity (Wildman–Crippen MR) is 149 cm³/mol. The summed E-state index contributed by atoms with van der Waals surface area (Å²) in [5.74, 6) is 2.72. The van der Waals surface area contributed by atoms with Crippen LogP contribution in [-0.2, 0) is 9.53 Å². The average Bonchev–Trinajstić information content (AvgIpc) is 3.74. The van der Waals surface area contributed by atoms with Gasteiger partial charge in [-0.15, -0.1) is 0 Å². The van der Waals surface area contributed by atoms with Gasteiger partial charge in [-0.25, -0.2) is 9.97 Å². The quantitative estimate of drug-likeness (QED) is 0.266. The van der Waals surface area contributed by atoms with Crippen molar-refractivity contribution in [2.75, 3.05) is 25.1 Å². The number of aryl methyl sites for hydroxylation is 2. The third kappa shape index (κ3) is 6.92. The number of nitrogens with zero attached hydrogens (tertiary/aromatic N) is 3. The molecule has 2 aromatic heterocycles. The molecule has 0 bridgehead atoms. The molecule has 0 aliphatic heterocycles. The van der Waals surface area contributed by atoms with Gasteiger partial charge in [-0.3, -0.25) is 9.78 Å². The fourth-order valence-corrected chi connectivity index (χ4v) is 3.92. The van der Waals surface area contributed by atoms with Crippen molar-refractivity contribution in [2.45, 2.75) is 26.7 Å². The number of hydrogen-bond donors (Lipinski definition) is 2. The van der Waals surface area contributed by atoms with Gasteiger partial charge >= 0.3 is 0 Å². The van der Waals surface area contributed by atoms with Crippen molar-refractivity contribution in [1.29, 1.82) is 0 Å². The van der Waals surface area contributed by atoms with Crippen LogP contribution in [0.25, 0.3) is 17.0 Å². The van der Waals surface area contributed by atoms with E-state index in [4.69, 9.17) is 9.47 Å². The van der Waals surface area contributed by atoms with E-state index >= 15 is 0 Å². The molecule has 0 unspecified atom stereocenters. The number of nitrogens with one attached hydrogen (secondary N) is 2. The number of carbonyl (C=O) groups is 1. The molecule has 0 atom stereocenters. The minimum Gasteiger partial charge on any atom is -0.455 e. The fourth-order valence-electron chi connectivity index (χ4n) is 3.92. The molecule has 8 nitrogen and oxygen atoms in total. The number of anilines is 2. The zero-order valence-corrected chi connectivity index (χ0v) is 21.6. The largest absolute Gasteiger partial charge is 0.455 e. The fraction of sp³-hybridized carbons (Fsp3) is 0.267. The molecule has 2 aromatic carbocycles. The van der Waals surface area contributed by atoms with Crippen molar-refractivity contribution >= 4 is 34.4 Å². The summed E-state index contributed by atoms with van der Waals surface area (Å²) in [6.07, 6.45) is 9.59. The monoisotopic (exact) mass is 509 g/mol. The molecule has 0 saturated heterocycles. The van der Waals surface area contributed by atoms with Gasteiger partial charge in [0.05, 0.1) is 18.3 Å². The molecule has 8 heteroatoms. The molecule has 194 valence electrons. The summed E-state index contributed by atoms with van der Waals surface area (Å²) in [6, 6.07) is 15.7. The van der Waals surface area contributed by atoms with Crippen LogP contribution in [0.15, 0.2) is 67.1 Å². The Balaban J connectivity index is 1.22. The maximum atomic E-state index is 11.9. The van der Waals surface area contributed by atoms with Crippen LogP contribution < -0.4 is 15.4 Å². The van der Waals surface area contributed by atoms with E-state index in [-0.39, 0.29) is 12.5 Å². The lowest BCUT2D eigenvalue weighted by Gasteiger charge is -2.12. The third-order valence-corrected chi connectivity index (χ3v) is 6.22. The number of benzene rings is 2. The number of fused-ring (bicyclic) bond motifs is 1. The summed E-state index contributed by atoms with van der Waals surface area (Å²) >= 11 is 0. The van der Waals surface area contributed by atoms with Crippen LogP contribution in [0.3, 0.4) is 0 Å². The smallest absolute Gasteiger partial charge is 0.246 e.